The van der Waals surface area contributed by atoms with Gasteiger partial charge in [0.25, 0.3) is 0 Å². The number of amides is 1. The average molecular weight is 418 g/mol. The van der Waals surface area contributed by atoms with Crippen molar-refractivity contribution in [2.75, 3.05) is 13.1 Å². The van der Waals surface area contributed by atoms with Crippen LogP contribution in [0.15, 0.2) is 24.3 Å². The van der Waals surface area contributed by atoms with Crippen molar-refractivity contribution in [3.63, 3.8) is 0 Å². The molecule has 7 heteroatoms. The normalized spacial score (nSPS) is 30.4. The second kappa shape index (κ2) is 9.55. The number of nitrogens with zero attached hydrogens (tertiary/aromatic N) is 1. The van der Waals surface area contributed by atoms with Crippen molar-refractivity contribution in [2.45, 2.75) is 50.7 Å². The number of likely N-dealkylation sites (tertiary alicyclic amines) is 1. The van der Waals surface area contributed by atoms with Crippen LogP contribution in [0.25, 0.3) is 0 Å². The van der Waals surface area contributed by atoms with Gasteiger partial charge in [0, 0.05) is 31.7 Å². The quantitative estimate of drug-likeness (QED) is 0.790. The van der Waals surface area contributed by atoms with Crippen LogP contribution in [-0.4, -0.2) is 36.0 Å². The van der Waals surface area contributed by atoms with Crippen LogP contribution in [0.3, 0.4) is 0 Å². The van der Waals surface area contributed by atoms with Crippen LogP contribution < -0.4 is 11.1 Å². The molecule has 1 aliphatic heterocycles. The number of hydrogen-bond donors (Lipinski definition) is 2. The van der Waals surface area contributed by atoms with Gasteiger partial charge in [-0.05, 0) is 61.6 Å². The number of hydrogen-bond acceptors (Lipinski definition) is 3. The lowest BCUT2D eigenvalue weighted by Gasteiger charge is -2.34. The van der Waals surface area contributed by atoms with E-state index in [1.54, 1.807) is 0 Å². The second-order valence-corrected chi connectivity index (χ2v) is 8.12. The van der Waals surface area contributed by atoms with Gasteiger partial charge in [0.1, 0.15) is 5.82 Å². The van der Waals surface area contributed by atoms with E-state index in [0.717, 1.165) is 44.5 Å². The van der Waals surface area contributed by atoms with Gasteiger partial charge in [-0.25, -0.2) is 4.39 Å². The van der Waals surface area contributed by atoms with Crippen molar-refractivity contribution < 1.29 is 9.18 Å². The molecule has 4 atom stereocenters. The van der Waals surface area contributed by atoms with E-state index in [4.69, 9.17) is 5.73 Å². The maximum absolute atomic E-state index is 13.0. The van der Waals surface area contributed by atoms with Gasteiger partial charge < -0.3 is 11.1 Å². The van der Waals surface area contributed by atoms with Crippen LogP contribution in [0, 0.1) is 23.6 Å². The van der Waals surface area contributed by atoms with E-state index in [2.05, 4.69) is 10.2 Å². The number of halogens is 3. The highest BCUT2D eigenvalue weighted by molar-refractivity contribution is 5.85. The Morgan fingerprint density at radius 1 is 1.07 bits per heavy atom. The van der Waals surface area contributed by atoms with Crippen molar-refractivity contribution in [2.24, 2.45) is 23.5 Å². The summed E-state index contributed by atoms with van der Waals surface area (Å²) in [6.07, 6.45) is 5.48. The fraction of sp³-hybridized carbons (Fsp3) is 0.650. The molecule has 4 nitrogen and oxygen atoms in total. The number of nitrogens with two attached hydrogens (primary N) is 1. The first-order valence-corrected chi connectivity index (χ1v) is 9.63. The highest BCUT2D eigenvalue weighted by Crippen LogP contribution is 2.47. The monoisotopic (exact) mass is 417 g/mol. The van der Waals surface area contributed by atoms with Crippen LogP contribution in [0.4, 0.5) is 4.39 Å². The first-order chi connectivity index (χ1) is 12.1. The van der Waals surface area contributed by atoms with Crippen LogP contribution in [0.2, 0.25) is 0 Å². The minimum absolute atomic E-state index is 0. The molecule has 3 fully saturated rings. The molecule has 2 bridgehead atoms. The standard InChI is InChI=1S/C20H28FN3O.2ClH/c21-16-5-1-13(2-6-16)12-24-9-7-17(8-10-24)23-20(25)18-14-3-4-15(11-14)19(18)22;;/h1-2,5-6,14-15,17-19H,3-4,7-12,22H2,(H,23,25);2*1H. The lowest BCUT2D eigenvalue weighted by molar-refractivity contribution is -0.128. The maximum atomic E-state index is 13.0. The summed E-state index contributed by atoms with van der Waals surface area (Å²) in [7, 11) is 0. The Hall–Kier alpha value is -0.880. The molecule has 3 aliphatic rings. The van der Waals surface area contributed by atoms with E-state index in [-0.39, 0.29) is 54.5 Å². The highest BCUT2D eigenvalue weighted by Gasteiger charge is 2.49. The van der Waals surface area contributed by atoms with Crippen LogP contribution in [-0.2, 0) is 11.3 Å². The van der Waals surface area contributed by atoms with E-state index in [1.807, 2.05) is 12.1 Å². The minimum Gasteiger partial charge on any atom is -0.353 e. The molecule has 1 aromatic carbocycles. The molecule has 3 N–H and O–H groups in total. The van der Waals surface area contributed by atoms with E-state index < -0.39 is 0 Å². The van der Waals surface area contributed by atoms with E-state index in [9.17, 15) is 9.18 Å². The van der Waals surface area contributed by atoms with Gasteiger partial charge in [-0.1, -0.05) is 12.1 Å². The molecular formula is C20H30Cl2FN3O. The smallest absolute Gasteiger partial charge is 0.225 e. The Morgan fingerprint density at radius 3 is 2.30 bits per heavy atom. The molecule has 1 aromatic rings. The number of rotatable bonds is 4. The van der Waals surface area contributed by atoms with Gasteiger partial charge in [0.15, 0.2) is 0 Å². The van der Waals surface area contributed by atoms with Gasteiger partial charge >= 0.3 is 0 Å². The fourth-order valence-corrected chi connectivity index (χ4v) is 5.11. The molecular weight excluding hydrogens is 388 g/mol. The van der Waals surface area contributed by atoms with Crippen LogP contribution in [0.5, 0.6) is 0 Å². The van der Waals surface area contributed by atoms with Crippen molar-refractivity contribution in [1.29, 1.82) is 0 Å². The Kier molecular flexibility index (Phi) is 7.93. The minimum atomic E-state index is -0.191. The SMILES string of the molecule is Cl.Cl.NC1C2CCC(C2)C1C(=O)NC1CCN(Cc2ccc(F)cc2)CC1. The molecule has 1 amide bonds. The Morgan fingerprint density at radius 2 is 1.70 bits per heavy atom. The molecule has 152 valence electrons. The molecule has 4 unspecified atom stereocenters. The zero-order chi connectivity index (χ0) is 17.4. The van der Waals surface area contributed by atoms with E-state index in [0.29, 0.717) is 11.8 Å². The molecule has 1 heterocycles. The largest absolute Gasteiger partial charge is 0.353 e. The molecule has 4 rings (SSSR count). The molecule has 0 aromatic heterocycles. The lowest BCUT2D eigenvalue weighted by atomic mass is 9.84. The van der Waals surface area contributed by atoms with Crippen molar-refractivity contribution in [3.8, 4) is 0 Å². The summed E-state index contributed by atoms with van der Waals surface area (Å²) < 4.78 is 13.0. The Balaban J connectivity index is 0.00000131. The third-order valence-electron chi connectivity index (χ3n) is 6.54. The summed E-state index contributed by atoms with van der Waals surface area (Å²) in [5, 5.41) is 3.27. The lowest BCUT2D eigenvalue weighted by Crippen LogP contribution is -2.50. The molecule has 0 radical (unpaired) electrons. The Labute approximate surface area is 173 Å². The summed E-state index contributed by atoms with van der Waals surface area (Å²) in [6.45, 7) is 2.77. The van der Waals surface area contributed by atoms with E-state index in [1.165, 1.54) is 25.0 Å². The van der Waals surface area contributed by atoms with Gasteiger partial charge in [0.2, 0.25) is 5.91 Å². The van der Waals surface area contributed by atoms with Crippen LogP contribution in [0.1, 0.15) is 37.7 Å². The van der Waals surface area contributed by atoms with Gasteiger partial charge in [-0.15, -0.1) is 24.8 Å². The highest BCUT2D eigenvalue weighted by atomic mass is 35.5. The van der Waals surface area contributed by atoms with Crippen molar-refractivity contribution in [1.82, 2.24) is 10.2 Å². The summed E-state index contributed by atoms with van der Waals surface area (Å²) >= 11 is 0. The van der Waals surface area contributed by atoms with Crippen molar-refractivity contribution >= 4 is 30.7 Å². The predicted molar refractivity (Wildman–Crippen MR) is 110 cm³/mol. The number of benzene rings is 1. The average Bonchev–Trinajstić information content (AvgIpc) is 3.20. The molecule has 2 saturated carbocycles. The first kappa shape index (κ1) is 22.4. The summed E-state index contributed by atoms with van der Waals surface area (Å²) in [5.74, 6) is 1.12. The molecule has 2 aliphatic carbocycles. The first-order valence-electron chi connectivity index (χ1n) is 9.63. The summed E-state index contributed by atoms with van der Waals surface area (Å²) in [4.78, 5) is 15.1. The Bertz CT molecular complexity index is 620. The molecule has 1 saturated heterocycles. The van der Waals surface area contributed by atoms with Gasteiger partial charge in [-0.3, -0.25) is 9.69 Å². The van der Waals surface area contributed by atoms with Crippen molar-refractivity contribution in [3.05, 3.63) is 35.6 Å². The second-order valence-electron chi connectivity index (χ2n) is 8.12. The number of piperidine rings is 1. The zero-order valence-electron chi connectivity index (χ0n) is 15.5. The number of nitrogens with one attached hydrogen (secondary N) is 1. The number of carbonyl (C=O) groups is 1. The third-order valence-corrected chi connectivity index (χ3v) is 6.54. The third kappa shape index (κ3) is 4.94. The predicted octanol–water partition coefficient (Wildman–Crippen LogP) is 3.12. The molecule has 27 heavy (non-hydrogen) atoms. The van der Waals surface area contributed by atoms with Gasteiger partial charge in [0.05, 0.1) is 5.92 Å². The van der Waals surface area contributed by atoms with Crippen LogP contribution >= 0.6 is 24.8 Å². The summed E-state index contributed by atoms with van der Waals surface area (Å²) in [6, 6.07) is 7.06. The fourth-order valence-electron chi connectivity index (χ4n) is 5.11. The summed E-state index contributed by atoms with van der Waals surface area (Å²) in [5.41, 5.74) is 7.43. The molecule has 0 spiro atoms. The number of carbonyl (C=O) groups excluding carboxylic acids is 1. The maximum Gasteiger partial charge on any atom is 0.225 e. The van der Waals surface area contributed by atoms with E-state index >= 15 is 0 Å². The number of fused-ring (bicyclic) bond motifs is 2. The topological polar surface area (TPSA) is 58.4 Å². The van der Waals surface area contributed by atoms with Gasteiger partial charge in [-0.2, -0.15) is 0 Å². The zero-order valence-corrected chi connectivity index (χ0v) is 17.1.